The highest BCUT2D eigenvalue weighted by Crippen LogP contribution is 2.27. The fraction of sp³-hybridized carbons (Fsp3) is 0.462. The van der Waals surface area contributed by atoms with Gasteiger partial charge < -0.3 is 19.4 Å². The van der Waals surface area contributed by atoms with Gasteiger partial charge in [-0.05, 0) is 13.1 Å². The summed E-state index contributed by atoms with van der Waals surface area (Å²) in [6.07, 6.45) is 0. The maximum Gasteiger partial charge on any atom is 0.298 e. The molecule has 0 radical (unpaired) electrons. The smallest absolute Gasteiger partial charge is 0.298 e. The first-order chi connectivity index (χ1) is 10.1. The molecule has 0 atom stereocenters. The summed E-state index contributed by atoms with van der Waals surface area (Å²) in [7, 11) is 3.65. The van der Waals surface area contributed by atoms with E-state index in [2.05, 4.69) is 15.2 Å². The summed E-state index contributed by atoms with van der Waals surface area (Å²) in [4.78, 5) is 16.7. The summed E-state index contributed by atoms with van der Waals surface area (Å²) in [6.45, 7) is 2.91. The van der Waals surface area contributed by atoms with E-state index >= 15 is 0 Å². The van der Waals surface area contributed by atoms with E-state index in [1.807, 2.05) is 7.05 Å². The molecule has 1 aromatic heterocycles. The number of benzene rings is 1. The zero-order chi connectivity index (χ0) is 15.2. The number of methoxy groups -OCH3 is 1. The fourth-order valence-corrected chi connectivity index (χ4v) is 1.87. The fourth-order valence-electron chi connectivity index (χ4n) is 1.87. The Hall–Kier alpha value is -2.19. The minimum atomic E-state index is -0.465. The van der Waals surface area contributed by atoms with E-state index in [4.69, 9.17) is 9.15 Å². The second kappa shape index (κ2) is 7.00. The van der Waals surface area contributed by atoms with Crippen LogP contribution in [-0.2, 0) is 4.74 Å². The van der Waals surface area contributed by atoms with Crippen molar-refractivity contribution in [2.24, 2.45) is 0 Å². The standard InChI is InChI=1S/C13H18N4O4/c1-16(8-9-20-2)7-6-14-13-15-12-10(17(18)19)4-3-5-11(12)21-13/h3-5H,6-9H2,1-2H3,(H,14,15). The van der Waals surface area contributed by atoms with Gasteiger partial charge in [0.25, 0.3) is 11.7 Å². The molecular formula is C13H18N4O4. The lowest BCUT2D eigenvalue weighted by Crippen LogP contribution is -2.28. The van der Waals surface area contributed by atoms with Gasteiger partial charge in [-0.3, -0.25) is 10.1 Å². The van der Waals surface area contributed by atoms with E-state index in [-0.39, 0.29) is 11.2 Å². The molecule has 21 heavy (non-hydrogen) atoms. The minimum Gasteiger partial charge on any atom is -0.423 e. The van der Waals surface area contributed by atoms with E-state index < -0.39 is 4.92 Å². The van der Waals surface area contributed by atoms with Gasteiger partial charge in [0.1, 0.15) is 0 Å². The number of nitrogens with one attached hydrogen (secondary N) is 1. The highest BCUT2D eigenvalue weighted by molar-refractivity contribution is 5.83. The molecule has 0 aliphatic rings. The van der Waals surface area contributed by atoms with Gasteiger partial charge in [-0.25, -0.2) is 0 Å². The molecule has 0 saturated heterocycles. The van der Waals surface area contributed by atoms with Gasteiger partial charge in [0.15, 0.2) is 11.1 Å². The van der Waals surface area contributed by atoms with Gasteiger partial charge in [-0.1, -0.05) is 6.07 Å². The number of nitro groups is 1. The molecule has 2 rings (SSSR count). The highest BCUT2D eigenvalue weighted by Gasteiger charge is 2.17. The number of fused-ring (bicyclic) bond motifs is 1. The Bertz CT molecular complexity index is 613. The van der Waals surface area contributed by atoms with Crippen LogP contribution in [0.5, 0.6) is 0 Å². The maximum absolute atomic E-state index is 10.9. The number of hydrogen-bond acceptors (Lipinski definition) is 7. The SMILES string of the molecule is COCCN(C)CCNc1nc2c([N+](=O)[O-])cccc2o1. The molecule has 1 N–H and O–H groups in total. The predicted molar refractivity (Wildman–Crippen MR) is 78.5 cm³/mol. The third-order valence-electron chi connectivity index (χ3n) is 3.04. The summed E-state index contributed by atoms with van der Waals surface area (Å²) < 4.78 is 10.4. The number of ether oxygens (including phenoxy) is 1. The molecule has 0 unspecified atom stereocenters. The number of aromatic nitrogens is 1. The summed E-state index contributed by atoms with van der Waals surface area (Å²) in [5, 5.41) is 13.9. The van der Waals surface area contributed by atoms with Gasteiger partial charge in [0, 0.05) is 32.8 Å². The van der Waals surface area contributed by atoms with Crippen LogP contribution in [0, 0.1) is 10.1 Å². The van der Waals surface area contributed by atoms with Crippen molar-refractivity contribution in [3.05, 3.63) is 28.3 Å². The van der Waals surface area contributed by atoms with Crippen LogP contribution in [0.1, 0.15) is 0 Å². The number of hydrogen-bond donors (Lipinski definition) is 1. The Morgan fingerprint density at radius 3 is 3.00 bits per heavy atom. The van der Waals surface area contributed by atoms with Crippen LogP contribution >= 0.6 is 0 Å². The van der Waals surface area contributed by atoms with Crippen molar-refractivity contribution in [3.8, 4) is 0 Å². The average molecular weight is 294 g/mol. The lowest BCUT2D eigenvalue weighted by Gasteiger charge is -2.15. The van der Waals surface area contributed by atoms with Crippen molar-refractivity contribution in [2.75, 3.05) is 45.7 Å². The monoisotopic (exact) mass is 294 g/mol. The Balaban J connectivity index is 1.97. The van der Waals surface area contributed by atoms with Gasteiger partial charge in [0.2, 0.25) is 0 Å². The zero-order valence-electron chi connectivity index (χ0n) is 12.0. The third kappa shape index (κ3) is 3.89. The summed E-state index contributed by atoms with van der Waals surface area (Å²) in [6, 6.07) is 4.94. The van der Waals surface area contributed by atoms with Gasteiger partial charge in [-0.15, -0.1) is 0 Å². The number of likely N-dealkylation sites (N-methyl/N-ethyl adjacent to an activating group) is 1. The maximum atomic E-state index is 10.9. The second-order valence-corrected chi connectivity index (χ2v) is 4.62. The first-order valence-electron chi connectivity index (χ1n) is 6.57. The molecular weight excluding hydrogens is 276 g/mol. The van der Waals surface area contributed by atoms with Crippen LogP contribution in [-0.4, -0.2) is 55.2 Å². The molecule has 0 aliphatic heterocycles. The molecule has 0 bridgehead atoms. The molecule has 0 amide bonds. The quantitative estimate of drug-likeness (QED) is 0.585. The van der Waals surface area contributed by atoms with Gasteiger partial charge in [0.05, 0.1) is 11.5 Å². The van der Waals surface area contributed by atoms with Gasteiger partial charge >= 0.3 is 0 Å². The minimum absolute atomic E-state index is 0.0542. The van der Waals surface area contributed by atoms with E-state index in [0.29, 0.717) is 24.7 Å². The van der Waals surface area contributed by atoms with Crippen LogP contribution in [0.2, 0.25) is 0 Å². The predicted octanol–water partition coefficient (Wildman–Crippen LogP) is 1.73. The second-order valence-electron chi connectivity index (χ2n) is 4.62. The Morgan fingerprint density at radius 2 is 2.29 bits per heavy atom. The topological polar surface area (TPSA) is 93.7 Å². The van der Waals surface area contributed by atoms with Crippen molar-refractivity contribution in [2.45, 2.75) is 0 Å². The molecule has 0 spiro atoms. The zero-order valence-corrected chi connectivity index (χ0v) is 12.0. The molecule has 0 aliphatic carbocycles. The van der Waals surface area contributed by atoms with Crippen LogP contribution < -0.4 is 5.32 Å². The number of anilines is 1. The number of oxazole rings is 1. The number of nitro benzene ring substituents is 1. The van der Waals surface area contributed by atoms with Crippen molar-refractivity contribution < 1.29 is 14.1 Å². The average Bonchev–Trinajstić information content (AvgIpc) is 2.87. The Kier molecular flexibility index (Phi) is 5.07. The lowest BCUT2D eigenvalue weighted by atomic mass is 10.3. The van der Waals surface area contributed by atoms with Crippen molar-refractivity contribution in [1.82, 2.24) is 9.88 Å². The van der Waals surface area contributed by atoms with Crippen molar-refractivity contribution in [3.63, 3.8) is 0 Å². The molecule has 8 heteroatoms. The molecule has 2 aromatic rings. The summed E-state index contributed by atoms with van der Waals surface area (Å²) >= 11 is 0. The van der Waals surface area contributed by atoms with Crippen LogP contribution in [0.4, 0.5) is 11.7 Å². The van der Waals surface area contributed by atoms with E-state index in [1.54, 1.807) is 19.2 Å². The number of nitrogens with zero attached hydrogens (tertiary/aromatic N) is 3. The molecule has 0 fully saturated rings. The van der Waals surface area contributed by atoms with E-state index in [0.717, 1.165) is 13.1 Å². The lowest BCUT2D eigenvalue weighted by molar-refractivity contribution is -0.383. The van der Waals surface area contributed by atoms with Crippen molar-refractivity contribution in [1.29, 1.82) is 0 Å². The first kappa shape index (κ1) is 15.2. The molecule has 1 heterocycles. The number of non-ortho nitro benzene ring substituents is 1. The molecule has 114 valence electrons. The van der Waals surface area contributed by atoms with E-state index in [1.165, 1.54) is 6.07 Å². The van der Waals surface area contributed by atoms with Crippen LogP contribution in [0.3, 0.4) is 0 Å². The molecule has 0 saturated carbocycles. The number of para-hydroxylation sites is 1. The Labute approximate surface area is 121 Å². The van der Waals surface area contributed by atoms with Crippen LogP contribution in [0.15, 0.2) is 22.6 Å². The summed E-state index contributed by atoms with van der Waals surface area (Å²) in [5.41, 5.74) is 0.610. The Morgan fingerprint density at radius 1 is 1.48 bits per heavy atom. The first-order valence-corrected chi connectivity index (χ1v) is 6.57. The molecule has 8 nitrogen and oxygen atoms in total. The van der Waals surface area contributed by atoms with Gasteiger partial charge in [-0.2, -0.15) is 4.98 Å². The van der Waals surface area contributed by atoms with Crippen LogP contribution in [0.25, 0.3) is 11.1 Å². The highest BCUT2D eigenvalue weighted by atomic mass is 16.6. The van der Waals surface area contributed by atoms with Crippen molar-refractivity contribution >= 4 is 22.8 Å². The normalized spacial score (nSPS) is 11.2. The van der Waals surface area contributed by atoms with E-state index in [9.17, 15) is 10.1 Å². The number of rotatable bonds is 8. The molecule has 1 aromatic carbocycles. The third-order valence-corrected chi connectivity index (χ3v) is 3.04. The summed E-state index contributed by atoms with van der Waals surface area (Å²) in [5.74, 6) is 0. The largest absolute Gasteiger partial charge is 0.423 e.